The molecular weight excluding hydrogens is 396 g/mol. The largest absolute Gasteiger partial charge is 0.0683 e. The zero-order chi connectivity index (χ0) is 23.3. The summed E-state index contributed by atoms with van der Waals surface area (Å²) in [5.41, 5.74) is 6.42. The first-order valence-corrected chi connectivity index (χ1v) is 13.4. The average molecular weight is 437 g/mol. The number of hydrogen-bond donors (Lipinski definition) is 0. The molecule has 0 saturated heterocycles. The smallest absolute Gasteiger partial charge is 0.0221 e. The summed E-state index contributed by atoms with van der Waals surface area (Å²) in [5.74, 6) is 0. The molecule has 2 aliphatic rings. The Morgan fingerprint density at radius 1 is 0.485 bits per heavy atom. The van der Waals surface area contributed by atoms with Crippen LogP contribution >= 0.6 is 0 Å². The average Bonchev–Trinajstić information content (AvgIpc) is 3.25. The third-order valence-electron chi connectivity index (χ3n) is 7.58. The van der Waals surface area contributed by atoms with Gasteiger partial charge >= 0.3 is 0 Å². The van der Waals surface area contributed by atoms with Crippen molar-refractivity contribution in [3.05, 3.63) is 83.9 Å². The van der Waals surface area contributed by atoms with Crippen molar-refractivity contribution in [2.45, 2.75) is 84.5 Å². The van der Waals surface area contributed by atoms with Gasteiger partial charge in [-0.1, -0.05) is 139 Å². The lowest BCUT2D eigenvalue weighted by atomic mass is 9.69. The molecule has 2 aliphatic carbocycles. The van der Waals surface area contributed by atoms with E-state index in [1.165, 1.54) is 84.0 Å². The maximum atomic E-state index is 2.44. The third kappa shape index (κ3) is 3.88. The summed E-state index contributed by atoms with van der Waals surface area (Å²) in [7, 11) is 0. The Morgan fingerprint density at radius 3 is 1.58 bits per heavy atom. The van der Waals surface area contributed by atoms with Crippen molar-refractivity contribution in [3.8, 4) is 11.1 Å². The van der Waals surface area contributed by atoms with Gasteiger partial charge in [0.15, 0.2) is 0 Å². The Labute approximate surface area is 201 Å². The number of benzene rings is 4. The van der Waals surface area contributed by atoms with Crippen LogP contribution < -0.4 is 0 Å². The topological polar surface area (TPSA) is 0 Å². The molecule has 0 bridgehead atoms. The van der Waals surface area contributed by atoms with E-state index in [1.807, 2.05) is 27.7 Å². The van der Waals surface area contributed by atoms with E-state index < -0.39 is 0 Å². The van der Waals surface area contributed by atoms with E-state index >= 15 is 0 Å². The van der Waals surface area contributed by atoms with Crippen molar-refractivity contribution in [3.63, 3.8) is 0 Å². The minimum atomic E-state index is 0.180. The van der Waals surface area contributed by atoms with Crippen LogP contribution in [0.2, 0.25) is 0 Å². The summed E-state index contributed by atoms with van der Waals surface area (Å²) >= 11 is 0. The number of fused-ring (bicyclic) bond motifs is 10. The van der Waals surface area contributed by atoms with Crippen molar-refractivity contribution in [2.75, 3.05) is 0 Å². The van der Waals surface area contributed by atoms with Crippen LogP contribution in [0.4, 0.5) is 0 Å². The monoisotopic (exact) mass is 436 g/mol. The van der Waals surface area contributed by atoms with Crippen molar-refractivity contribution in [1.82, 2.24) is 0 Å². The Bertz CT molecular complexity index is 1200. The fourth-order valence-corrected chi connectivity index (χ4v) is 6.38. The first kappa shape index (κ1) is 23.6. The molecule has 0 aliphatic heterocycles. The normalized spacial score (nSPS) is 16.4. The summed E-state index contributed by atoms with van der Waals surface area (Å²) in [5, 5.41) is 5.74. The van der Waals surface area contributed by atoms with E-state index in [2.05, 4.69) is 72.8 Å². The van der Waals surface area contributed by atoms with E-state index in [0.717, 1.165) is 0 Å². The van der Waals surface area contributed by atoms with Gasteiger partial charge in [0.25, 0.3) is 0 Å². The van der Waals surface area contributed by atoms with Crippen LogP contribution in [-0.2, 0) is 5.41 Å². The summed E-state index contributed by atoms with van der Waals surface area (Å²) in [4.78, 5) is 0. The van der Waals surface area contributed by atoms with Gasteiger partial charge in [0.05, 0.1) is 0 Å². The van der Waals surface area contributed by atoms with Crippen LogP contribution in [0.3, 0.4) is 0 Å². The summed E-state index contributed by atoms with van der Waals surface area (Å²) < 4.78 is 0. The zero-order valence-corrected chi connectivity index (χ0v) is 21.1. The van der Waals surface area contributed by atoms with Crippen molar-refractivity contribution in [1.29, 1.82) is 0 Å². The maximum Gasteiger partial charge on any atom is 0.0221 e. The summed E-state index contributed by atoms with van der Waals surface area (Å²) in [6.07, 6.45) is 10.8. The number of hydrogen-bond acceptors (Lipinski definition) is 0. The molecule has 0 radical (unpaired) electrons. The number of rotatable bonds is 0. The lowest BCUT2D eigenvalue weighted by Crippen LogP contribution is -2.25. The molecule has 1 saturated carbocycles. The Morgan fingerprint density at radius 2 is 0.939 bits per heavy atom. The molecule has 6 rings (SSSR count). The molecule has 1 spiro atoms. The van der Waals surface area contributed by atoms with Gasteiger partial charge in [-0.2, -0.15) is 0 Å². The van der Waals surface area contributed by atoms with Gasteiger partial charge in [-0.25, -0.2) is 0 Å². The molecule has 0 amide bonds. The van der Waals surface area contributed by atoms with Gasteiger partial charge in [0.2, 0.25) is 0 Å². The molecule has 0 heteroatoms. The van der Waals surface area contributed by atoms with Gasteiger partial charge < -0.3 is 0 Å². The van der Waals surface area contributed by atoms with E-state index in [-0.39, 0.29) is 5.41 Å². The van der Waals surface area contributed by atoms with Crippen molar-refractivity contribution >= 4 is 21.5 Å². The molecule has 33 heavy (non-hydrogen) atoms. The second-order valence-electron chi connectivity index (χ2n) is 9.09. The Kier molecular flexibility index (Phi) is 7.53. The maximum absolute atomic E-state index is 2.44. The Balaban J connectivity index is 0.000000617. The van der Waals surface area contributed by atoms with Crippen LogP contribution in [0, 0.1) is 0 Å². The molecular formula is C33H40. The molecule has 4 aromatic rings. The molecule has 0 nitrogen and oxygen atoms in total. The summed E-state index contributed by atoms with van der Waals surface area (Å²) in [6.45, 7) is 8.00. The first-order chi connectivity index (χ1) is 16.4. The van der Waals surface area contributed by atoms with Gasteiger partial charge in [-0.3, -0.25) is 0 Å². The van der Waals surface area contributed by atoms with E-state index in [1.54, 1.807) is 11.1 Å². The van der Waals surface area contributed by atoms with Gasteiger partial charge in [0, 0.05) is 5.41 Å². The van der Waals surface area contributed by atoms with E-state index in [4.69, 9.17) is 0 Å². The molecule has 172 valence electrons. The first-order valence-electron chi connectivity index (χ1n) is 13.4. The third-order valence-corrected chi connectivity index (χ3v) is 7.58. The highest BCUT2D eigenvalue weighted by Crippen LogP contribution is 2.58. The quantitative estimate of drug-likeness (QED) is 0.240. The van der Waals surface area contributed by atoms with Crippen LogP contribution in [0.1, 0.15) is 90.2 Å². The Hall–Kier alpha value is -2.60. The standard InChI is InChI=1S/C29H28.2C2H6/c1-2-4-12-20-29(19-11-3-1)26-18-10-9-17-25(26)27-23-15-7-5-13-21(23)22-14-6-8-16-24(22)28(27)29;2*1-2/h5-10,13-18H,1-4,11-12,19-20H2;2*1-2H3. The molecule has 0 unspecified atom stereocenters. The van der Waals surface area contributed by atoms with Gasteiger partial charge in [-0.05, 0) is 56.6 Å². The second kappa shape index (κ2) is 10.6. The highest BCUT2D eigenvalue weighted by molar-refractivity contribution is 6.18. The molecule has 4 aromatic carbocycles. The van der Waals surface area contributed by atoms with Gasteiger partial charge in [0.1, 0.15) is 0 Å². The highest BCUT2D eigenvalue weighted by atomic mass is 14.5. The predicted molar refractivity (Wildman–Crippen MR) is 147 cm³/mol. The van der Waals surface area contributed by atoms with Crippen molar-refractivity contribution in [2.24, 2.45) is 0 Å². The van der Waals surface area contributed by atoms with Crippen LogP contribution in [0.15, 0.2) is 72.8 Å². The van der Waals surface area contributed by atoms with E-state index in [9.17, 15) is 0 Å². The molecule has 0 atom stereocenters. The summed E-state index contributed by atoms with van der Waals surface area (Å²) in [6, 6.07) is 27.6. The lowest BCUT2D eigenvalue weighted by molar-refractivity contribution is 0.426. The minimum absolute atomic E-state index is 0.180. The van der Waals surface area contributed by atoms with Gasteiger partial charge in [-0.15, -0.1) is 0 Å². The minimum Gasteiger partial charge on any atom is -0.0683 e. The predicted octanol–water partition coefficient (Wildman–Crippen LogP) is 10.4. The van der Waals surface area contributed by atoms with E-state index in [0.29, 0.717) is 0 Å². The molecule has 0 N–H and O–H groups in total. The van der Waals surface area contributed by atoms with Crippen LogP contribution in [0.5, 0.6) is 0 Å². The molecule has 1 fully saturated rings. The molecule has 0 aromatic heterocycles. The van der Waals surface area contributed by atoms with Crippen LogP contribution in [-0.4, -0.2) is 0 Å². The van der Waals surface area contributed by atoms with Crippen LogP contribution in [0.25, 0.3) is 32.7 Å². The lowest BCUT2D eigenvalue weighted by Gasteiger charge is -2.33. The fraction of sp³-hybridized carbons (Fsp3) is 0.394. The zero-order valence-electron chi connectivity index (χ0n) is 21.1. The fourth-order valence-electron chi connectivity index (χ4n) is 6.38. The second-order valence-corrected chi connectivity index (χ2v) is 9.09. The van der Waals surface area contributed by atoms with Crippen molar-refractivity contribution < 1.29 is 0 Å². The highest BCUT2D eigenvalue weighted by Gasteiger charge is 2.44. The molecule has 0 heterocycles. The SMILES string of the molecule is CC.CC.c1ccc2c(c1)-c1c(c3ccccc3c3ccccc13)C21CCCCCCCC1.